The number of rotatable bonds is 12. The van der Waals surface area contributed by atoms with Crippen LogP contribution in [0.4, 0.5) is 0 Å². The summed E-state index contributed by atoms with van der Waals surface area (Å²) in [5, 5.41) is 9.50. The van der Waals surface area contributed by atoms with Crippen LogP contribution in [0.3, 0.4) is 0 Å². The number of fused-ring (bicyclic) bond motifs is 1. The van der Waals surface area contributed by atoms with E-state index < -0.39 is 5.97 Å². The van der Waals surface area contributed by atoms with Gasteiger partial charge in [-0.05, 0) is 85.0 Å². The lowest BCUT2D eigenvalue weighted by Crippen LogP contribution is -2.39. The van der Waals surface area contributed by atoms with E-state index in [9.17, 15) is 14.7 Å². The number of hydrogen-bond donors (Lipinski definition) is 1. The Bertz CT molecular complexity index is 1270. The third-order valence-corrected chi connectivity index (χ3v) is 7.56. The van der Waals surface area contributed by atoms with Crippen LogP contribution in [-0.4, -0.2) is 34.0 Å². The molecule has 0 aliphatic carbocycles. The standard InChI is InChI=1S/C34H41NO4/c1-4-6-8-26-11-15-28(16-12-26)23-35(24-32(36)37)33(38)30-17-18-31-29(21-30)19-20-34(3,39-31)22-27-13-9-25(7-5-2)10-14-27/h9-18,21H,4-8,19-20,22-24H2,1-3H3,(H,36,37)/t34-/m1/s1. The first-order valence-corrected chi connectivity index (χ1v) is 14.3. The van der Waals surface area contributed by atoms with Gasteiger partial charge in [-0.1, -0.05) is 75.2 Å². The maximum atomic E-state index is 13.4. The van der Waals surface area contributed by atoms with Crippen molar-refractivity contribution in [1.82, 2.24) is 4.90 Å². The minimum absolute atomic E-state index is 0.252. The van der Waals surface area contributed by atoms with Gasteiger partial charge >= 0.3 is 5.97 Å². The minimum atomic E-state index is -1.03. The Balaban J connectivity index is 1.45. The van der Waals surface area contributed by atoms with Gasteiger partial charge in [0.2, 0.25) is 0 Å². The van der Waals surface area contributed by atoms with Crippen molar-refractivity contribution in [3.63, 3.8) is 0 Å². The summed E-state index contributed by atoms with van der Waals surface area (Å²) < 4.78 is 6.48. The molecule has 3 aromatic carbocycles. The molecule has 1 aliphatic rings. The Labute approximate surface area is 232 Å². The van der Waals surface area contributed by atoms with Crippen molar-refractivity contribution in [2.75, 3.05) is 6.54 Å². The highest BCUT2D eigenvalue weighted by Gasteiger charge is 2.32. The molecule has 1 N–H and O–H groups in total. The first kappa shape index (κ1) is 28.4. The van der Waals surface area contributed by atoms with Crippen LogP contribution in [0.25, 0.3) is 0 Å². The molecular formula is C34H41NO4. The van der Waals surface area contributed by atoms with E-state index in [1.54, 1.807) is 6.07 Å². The summed E-state index contributed by atoms with van der Waals surface area (Å²) >= 11 is 0. The highest BCUT2D eigenvalue weighted by atomic mass is 16.5. The lowest BCUT2D eigenvalue weighted by atomic mass is 9.86. The number of benzene rings is 3. The lowest BCUT2D eigenvalue weighted by molar-refractivity contribution is -0.137. The number of hydrogen-bond acceptors (Lipinski definition) is 3. The second-order valence-corrected chi connectivity index (χ2v) is 11.1. The molecule has 0 spiro atoms. The molecule has 0 saturated heterocycles. The zero-order chi connectivity index (χ0) is 27.8. The Morgan fingerprint density at radius 3 is 2.15 bits per heavy atom. The average molecular weight is 528 g/mol. The molecule has 0 aromatic heterocycles. The van der Waals surface area contributed by atoms with Gasteiger partial charge in [-0.2, -0.15) is 0 Å². The van der Waals surface area contributed by atoms with Gasteiger partial charge in [-0.3, -0.25) is 9.59 Å². The van der Waals surface area contributed by atoms with Crippen LogP contribution in [0.5, 0.6) is 5.75 Å². The van der Waals surface area contributed by atoms with Crippen LogP contribution in [-0.2, 0) is 37.0 Å². The summed E-state index contributed by atoms with van der Waals surface area (Å²) in [6, 6.07) is 22.4. The van der Waals surface area contributed by atoms with E-state index in [2.05, 4.69) is 57.2 Å². The molecule has 5 heteroatoms. The minimum Gasteiger partial charge on any atom is -0.487 e. The number of amides is 1. The van der Waals surface area contributed by atoms with Crippen LogP contribution in [0.2, 0.25) is 0 Å². The molecule has 0 radical (unpaired) electrons. The van der Waals surface area contributed by atoms with Gasteiger partial charge in [0, 0.05) is 18.5 Å². The van der Waals surface area contributed by atoms with E-state index in [1.807, 2.05) is 24.3 Å². The summed E-state index contributed by atoms with van der Waals surface area (Å²) in [6.45, 7) is 6.42. The van der Waals surface area contributed by atoms with Gasteiger partial charge in [0.15, 0.2) is 0 Å². The molecule has 1 aliphatic heterocycles. The van der Waals surface area contributed by atoms with Gasteiger partial charge < -0.3 is 14.7 Å². The number of carbonyl (C=O) groups excluding carboxylic acids is 1. The van der Waals surface area contributed by atoms with Crippen molar-refractivity contribution in [1.29, 1.82) is 0 Å². The monoisotopic (exact) mass is 527 g/mol. The van der Waals surface area contributed by atoms with Crippen LogP contribution >= 0.6 is 0 Å². The van der Waals surface area contributed by atoms with Crippen molar-refractivity contribution in [2.24, 2.45) is 0 Å². The van der Waals surface area contributed by atoms with Crippen LogP contribution in [0, 0.1) is 0 Å². The van der Waals surface area contributed by atoms with Crippen LogP contribution < -0.4 is 4.74 Å². The van der Waals surface area contributed by atoms with Crippen molar-refractivity contribution >= 4 is 11.9 Å². The van der Waals surface area contributed by atoms with E-state index >= 15 is 0 Å². The predicted molar refractivity (Wildman–Crippen MR) is 155 cm³/mol. The van der Waals surface area contributed by atoms with E-state index in [4.69, 9.17) is 4.74 Å². The third kappa shape index (κ3) is 7.72. The number of carboxylic acids is 1. The second-order valence-electron chi connectivity index (χ2n) is 11.1. The SMILES string of the molecule is CCCCc1ccc(CN(CC(=O)O)C(=O)c2ccc3c(c2)CC[C@](C)(Cc2ccc(CCC)cc2)O3)cc1. The molecule has 0 saturated carbocycles. The fourth-order valence-electron chi connectivity index (χ4n) is 5.35. The molecule has 1 atom stereocenters. The van der Waals surface area contributed by atoms with Crippen molar-refractivity contribution in [2.45, 2.75) is 84.3 Å². The molecule has 3 aromatic rings. The largest absolute Gasteiger partial charge is 0.487 e. The van der Waals surface area contributed by atoms with E-state index in [-0.39, 0.29) is 24.6 Å². The van der Waals surface area contributed by atoms with Crippen molar-refractivity contribution < 1.29 is 19.4 Å². The van der Waals surface area contributed by atoms with Crippen molar-refractivity contribution in [3.8, 4) is 5.75 Å². The normalized spacial score (nSPS) is 16.3. The van der Waals surface area contributed by atoms with Gasteiger partial charge in [-0.25, -0.2) is 0 Å². The Morgan fingerprint density at radius 2 is 1.51 bits per heavy atom. The zero-order valence-corrected chi connectivity index (χ0v) is 23.5. The molecular weight excluding hydrogens is 486 g/mol. The number of nitrogens with zero attached hydrogens (tertiary/aromatic N) is 1. The molecule has 1 heterocycles. The molecule has 0 fully saturated rings. The highest BCUT2D eigenvalue weighted by molar-refractivity contribution is 5.96. The first-order valence-electron chi connectivity index (χ1n) is 14.3. The maximum absolute atomic E-state index is 13.4. The first-order chi connectivity index (χ1) is 18.8. The summed E-state index contributed by atoms with van der Waals surface area (Å²) in [5.74, 6) is -0.506. The zero-order valence-electron chi connectivity index (χ0n) is 23.5. The Hall–Kier alpha value is -3.60. The molecule has 4 rings (SSSR count). The average Bonchev–Trinajstić information content (AvgIpc) is 2.92. The lowest BCUT2D eigenvalue weighted by Gasteiger charge is -2.36. The fraction of sp³-hybridized carbons (Fsp3) is 0.412. The number of carboxylic acid groups (broad SMARTS) is 1. The summed E-state index contributed by atoms with van der Waals surface area (Å²) in [6.07, 6.45) is 8.01. The van der Waals surface area contributed by atoms with E-state index in [0.717, 1.165) is 68.2 Å². The van der Waals surface area contributed by atoms with Crippen LogP contribution in [0.1, 0.15) is 84.6 Å². The molecule has 39 heavy (non-hydrogen) atoms. The van der Waals surface area contributed by atoms with Gasteiger partial charge in [-0.15, -0.1) is 0 Å². The van der Waals surface area contributed by atoms with Gasteiger partial charge in [0.05, 0.1) is 0 Å². The number of aliphatic carboxylic acids is 1. The molecule has 206 valence electrons. The van der Waals surface area contributed by atoms with Crippen LogP contribution in [0.15, 0.2) is 66.7 Å². The number of unbranched alkanes of at least 4 members (excludes halogenated alkanes) is 1. The summed E-state index contributed by atoms with van der Waals surface area (Å²) in [4.78, 5) is 26.4. The van der Waals surface area contributed by atoms with E-state index in [0.29, 0.717) is 5.56 Å². The maximum Gasteiger partial charge on any atom is 0.323 e. The highest BCUT2D eigenvalue weighted by Crippen LogP contribution is 2.36. The second kappa shape index (κ2) is 13.0. The Morgan fingerprint density at radius 1 is 0.872 bits per heavy atom. The number of carbonyl (C=O) groups is 2. The number of ether oxygens (including phenoxy) is 1. The molecule has 5 nitrogen and oxygen atoms in total. The molecule has 0 bridgehead atoms. The predicted octanol–water partition coefficient (Wildman–Crippen LogP) is 7.04. The van der Waals surface area contributed by atoms with E-state index in [1.165, 1.54) is 21.6 Å². The third-order valence-electron chi connectivity index (χ3n) is 7.56. The molecule has 0 unspecified atom stereocenters. The molecule has 1 amide bonds. The van der Waals surface area contributed by atoms with Gasteiger partial charge in [0.25, 0.3) is 5.91 Å². The smallest absolute Gasteiger partial charge is 0.323 e. The summed E-state index contributed by atoms with van der Waals surface area (Å²) in [7, 11) is 0. The Kier molecular flexibility index (Phi) is 9.45. The topological polar surface area (TPSA) is 66.8 Å². The number of aryl methyl sites for hydroxylation is 3. The van der Waals surface area contributed by atoms with Gasteiger partial charge in [0.1, 0.15) is 17.9 Å². The summed E-state index contributed by atoms with van der Waals surface area (Å²) in [5.41, 5.74) is 5.97. The quantitative estimate of drug-likeness (QED) is 0.274. The fourth-order valence-corrected chi connectivity index (χ4v) is 5.35. The van der Waals surface area contributed by atoms with Crippen molar-refractivity contribution in [3.05, 3.63) is 100 Å².